The highest BCUT2D eigenvalue weighted by atomic mass is 28.4. The molecule has 2 aromatic carbocycles. The van der Waals surface area contributed by atoms with Crippen LogP contribution in [0.5, 0.6) is 0 Å². The van der Waals surface area contributed by atoms with Crippen LogP contribution in [0.1, 0.15) is 80.6 Å². The van der Waals surface area contributed by atoms with Crippen LogP contribution in [0.2, 0.25) is 18.1 Å². The van der Waals surface area contributed by atoms with Crippen LogP contribution in [0, 0.1) is 0 Å². The van der Waals surface area contributed by atoms with Gasteiger partial charge in [-0.15, -0.1) is 0 Å². The average molecular weight is 515 g/mol. The van der Waals surface area contributed by atoms with Gasteiger partial charge in [0.15, 0.2) is 8.32 Å². The zero-order valence-corrected chi connectivity index (χ0v) is 25.8. The molecule has 0 aromatic heterocycles. The van der Waals surface area contributed by atoms with Crippen LogP contribution in [0.25, 0.3) is 0 Å². The SMILES string of the molecule is CC(CCCCCCO[Si](OC(C)(C)C)(c1ccccc1)c1ccccc1)O[Si](C)(C)C(C)(C)C. The maximum Gasteiger partial charge on any atom is 0.407 e. The molecule has 0 N–H and O–H groups in total. The lowest BCUT2D eigenvalue weighted by Gasteiger charge is -2.38. The Labute approximate surface area is 218 Å². The van der Waals surface area contributed by atoms with Crippen molar-refractivity contribution in [3.05, 3.63) is 60.7 Å². The van der Waals surface area contributed by atoms with E-state index in [4.69, 9.17) is 13.3 Å². The minimum Gasteiger partial charge on any atom is -0.414 e. The van der Waals surface area contributed by atoms with Crippen LogP contribution in [-0.4, -0.2) is 35.2 Å². The van der Waals surface area contributed by atoms with Crippen LogP contribution < -0.4 is 10.4 Å². The minimum atomic E-state index is -2.83. The molecule has 0 aliphatic carbocycles. The van der Waals surface area contributed by atoms with Gasteiger partial charge in [-0.05, 0) is 69.0 Å². The van der Waals surface area contributed by atoms with Crippen molar-refractivity contribution in [3.8, 4) is 0 Å². The number of hydrogen-bond acceptors (Lipinski definition) is 3. The molecule has 0 spiro atoms. The van der Waals surface area contributed by atoms with Crippen molar-refractivity contribution in [1.82, 2.24) is 0 Å². The van der Waals surface area contributed by atoms with E-state index in [0.717, 1.165) is 29.6 Å². The molecule has 2 aromatic rings. The molecule has 0 aliphatic heterocycles. The van der Waals surface area contributed by atoms with E-state index in [-0.39, 0.29) is 10.6 Å². The van der Waals surface area contributed by atoms with Crippen molar-refractivity contribution >= 4 is 27.3 Å². The predicted molar refractivity (Wildman–Crippen MR) is 156 cm³/mol. The number of benzene rings is 2. The van der Waals surface area contributed by atoms with Crippen LogP contribution in [-0.2, 0) is 13.3 Å². The summed E-state index contributed by atoms with van der Waals surface area (Å²) in [5.41, 5.74) is -0.307. The topological polar surface area (TPSA) is 27.7 Å². The fourth-order valence-electron chi connectivity index (χ4n) is 4.07. The van der Waals surface area contributed by atoms with E-state index in [1.807, 2.05) is 0 Å². The molecule has 0 amide bonds. The minimum absolute atomic E-state index is 0.265. The van der Waals surface area contributed by atoms with E-state index in [9.17, 15) is 0 Å². The third kappa shape index (κ3) is 9.29. The number of hydrogen-bond donors (Lipinski definition) is 0. The summed E-state index contributed by atoms with van der Waals surface area (Å²) in [5.74, 6) is 0. The summed E-state index contributed by atoms with van der Waals surface area (Å²) in [6.45, 7) is 20.9. The van der Waals surface area contributed by atoms with Crippen molar-refractivity contribution in [2.45, 2.75) is 110 Å². The summed E-state index contributed by atoms with van der Waals surface area (Å²) in [7, 11) is -4.51. The maximum atomic E-state index is 6.83. The first-order chi connectivity index (χ1) is 16.3. The third-order valence-electron chi connectivity index (χ3n) is 6.87. The molecule has 35 heavy (non-hydrogen) atoms. The zero-order valence-electron chi connectivity index (χ0n) is 23.8. The molecule has 2 rings (SSSR count). The third-order valence-corrected chi connectivity index (χ3v) is 15.2. The molecule has 0 aliphatic rings. The molecule has 1 atom stereocenters. The molecular formula is C30H50O3Si2. The van der Waals surface area contributed by atoms with Gasteiger partial charge in [-0.1, -0.05) is 101 Å². The quantitative estimate of drug-likeness (QED) is 0.205. The summed E-state index contributed by atoms with van der Waals surface area (Å²) >= 11 is 0. The maximum absolute atomic E-state index is 6.83. The van der Waals surface area contributed by atoms with E-state index in [2.05, 4.69) is 122 Å². The van der Waals surface area contributed by atoms with Crippen LogP contribution in [0.4, 0.5) is 0 Å². The molecule has 5 heteroatoms. The van der Waals surface area contributed by atoms with Gasteiger partial charge in [-0.25, -0.2) is 0 Å². The molecule has 196 valence electrons. The normalized spacial score (nSPS) is 14.2. The highest BCUT2D eigenvalue weighted by molar-refractivity contribution is 6.92. The molecule has 1 unspecified atom stereocenters. The highest BCUT2D eigenvalue weighted by Crippen LogP contribution is 2.37. The summed E-state index contributed by atoms with van der Waals surface area (Å²) in [5, 5.41) is 2.59. The molecule has 0 fully saturated rings. The Morgan fingerprint density at radius 1 is 0.714 bits per heavy atom. The molecule has 0 saturated heterocycles. The van der Waals surface area contributed by atoms with Crippen molar-refractivity contribution in [1.29, 1.82) is 0 Å². The smallest absolute Gasteiger partial charge is 0.407 e. The second-order valence-electron chi connectivity index (χ2n) is 12.3. The molecular weight excluding hydrogens is 464 g/mol. The van der Waals surface area contributed by atoms with Gasteiger partial charge in [-0.3, -0.25) is 0 Å². The van der Waals surface area contributed by atoms with Crippen molar-refractivity contribution in [2.75, 3.05) is 6.61 Å². The van der Waals surface area contributed by atoms with Crippen LogP contribution in [0.3, 0.4) is 0 Å². The van der Waals surface area contributed by atoms with Gasteiger partial charge >= 0.3 is 8.56 Å². The highest BCUT2D eigenvalue weighted by Gasteiger charge is 2.45. The summed E-state index contributed by atoms with van der Waals surface area (Å²) in [6, 6.07) is 21.1. The van der Waals surface area contributed by atoms with Gasteiger partial charge in [0.25, 0.3) is 0 Å². The van der Waals surface area contributed by atoms with Crippen molar-refractivity contribution in [3.63, 3.8) is 0 Å². The summed E-state index contributed by atoms with van der Waals surface area (Å²) < 4.78 is 20.2. The molecule has 3 nitrogen and oxygen atoms in total. The van der Waals surface area contributed by atoms with Crippen molar-refractivity contribution < 1.29 is 13.3 Å². The van der Waals surface area contributed by atoms with E-state index < -0.39 is 16.9 Å². The second-order valence-corrected chi connectivity index (χ2v) is 19.9. The second kappa shape index (κ2) is 12.8. The lowest BCUT2D eigenvalue weighted by Crippen LogP contribution is -2.65. The fourth-order valence-corrected chi connectivity index (χ4v) is 9.06. The monoisotopic (exact) mass is 514 g/mol. The largest absolute Gasteiger partial charge is 0.414 e. The summed E-state index contributed by atoms with van der Waals surface area (Å²) in [4.78, 5) is 0. The lowest BCUT2D eigenvalue weighted by molar-refractivity contribution is 0.0770. The van der Waals surface area contributed by atoms with Gasteiger partial charge in [0.1, 0.15) is 0 Å². The first-order valence-corrected chi connectivity index (χ1v) is 18.1. The first-order valence-electron chi connectivity index (χ1n) is 13.4. The Kier molecular flexibility index (Phi) is 11.0. The predicted octanol–water partition coefficient (Wildman–Crippen LogP) is 7.44. The van der Waals surface area contributed by atoms with Gasteiger partial charge in [0, 0.05) is 12.7 Å². The first kappa shape index (κ1) is 30.0. The lowest BCUT2D eigenvalue weighted by atomic mass is 10.1. The Bertz CT molecular complexity index is 815. The van der Waals surface area contributed by atoms with Gasteiger partial charge in [0.2, 0.25) is 0 Å². The fraction of sp³-hybridized carbons (Fsp3) is 0.600. The van der Waals surface area contributed by atoms with E-state index in [1.165, 1.54) is 12.8 Å². The van der Waals surface area contributed by atoms with Crippen LogP contribution in [0.15, 0.2) is 60.7 Å². The zero-order chi connectivity index (χ0) is 26.2. The van der Waals surface area contributed by atoms with E-state index >= 15 is 0 Å². The van der Waals surface area contributed by atoms with E-state index in [1.54, 1.807) is 0 Å². The molecule has 0 bridgehead atoms. The van der Waals surface area contributed by atoms with Crippen LogP contribution >= 0.6 is 0 Å². The Morgan fingerprint density at radius 3 is 1.66 bits per heavy atom. The number of rotatable bonds is 13. The Morgan fingerprint density at radius 2 is 1.20 bits per heavy atom. The van der Waals surface area contributed by atoms with Gasteiger partial charge < -0.3 is 13.3 Å². The van der Waals surface area contributed by atoms with Gasteiger partial charge in [0.05, 0.1) is 5.60 Å². The molecule has 0 radical (unpaired) electrons. The Hall–Kier alpha value is -1.25. The van der Waals surface area contributed by atoms with Crippen molar-refractivity contribution in [2.24, 2.45) is 0 Å². The summed E-state index contributed by atoms with van der Waals surface area (Å²) in [6.07, 6.45) is 6.08. The standard InChI is InChI=1S/C30H50O3Si2/c1-26(32-34(8,9)30(5,6)7)20-14-10-11-19-25-31-35(33-29(2,3)4,27-21-15-12-16-22-27)28-23-17-13-18-24-28/h12-13,15-18,21-24,26H,10-11,14,19-20,25H2,1-9H3. The number of unbranched alkanes of at least 4 members (excludes halogenated alkanes) is 3. The average Bonchev–Trinajstić information content (AvgIpc) is 2.77. The molecule has 0 heterocycles. The van der Waals surface area contributed by atoms with Gasteiger partial charge in [-0.2, -0.15) is 0 Å². The Balaban J connectivity index is 1.96. The van der Waals surface area contributed by atoms with E-state index in [0.29, 0.717) is 12.7 Å². The molecule has 0 saturated carbocycles.